The molecule has 0 saturated carbocycles. The molecule has 0 aliphatic heterocycles. The van der Waals surface area contributed by atoms with E-state index in [4.69, 9.17) is 8.83 Å². The Morgan fingerprint density at radius 2 is 0.543 bits per heavy atom. The minimum atomic E-state index is 0.899. The van der Waals surface area contributed by atoms with Gasteiger partial charge in [-0.3, -0.25) is 0 Å². The first kappa shape index (κ1) is 50.6. The summed E-state index contributed by atoms with van der Waals surface area (Å²) in [5, 5.41) is 19.5. The lowest BCUT2D eigenvalue weighted by molar-refractivity contribution is 0.669. The normalized spacial score (nSPS) is 12.1. The zero-order chi connectivity index (χ0) is 60.1. The van der Waals surface area contributed by atoms with Crippen molar-refractivity contribution >= 4 is 153 Å². The monoisotopic (exact) mass is 1170 g/mol. The first-order chi connectivity index (χ1) is 45.6. The van der Waals surface area contributed by atoms with Gasteiger partial charge in [-0.2, -0.15) is 0 Å². The molecule has 0 N–H and O–H groups in total. The second kappa shape index (κ2) is 19.6. The summed E-state index contributed by atoms with van der Waals surface area (Å²) in [6.45, 7) is 0. The van der Waals surface area contributed by atoms with E-state index in [1.807, 2.05) is 12.1 Å². The number of nitrogens with zero attached hydrogens (tertiary/aromatic N) is 4. The van der Waals surface area contributed by atoms with E-state index >= 15 is 0 Å². The maximum atomic E-state index is 6.42. The fourth-order valence-corrected chi connectivity index (χ4v) is 15.3. The van der Waals surface area contributed by atoms with Crippen LogP contribution in [0.2, 0.25) is 0 Å². The van der Waals surface area contributed by atoms with E-state index in [0.717, 1.165) is 72.0 Å². The molecule has 0 radical (unpaired) electrons. The van der Waals surface area contributed by atoms with E-state index in [0.29, 0.717) is 0 Å². The van der Waals surface area contributed by atoms with Crippen LogP contribution >= 0.6 is 0 Å². The van der Waals surface area contributed by atoms with E-state index in [1.54, 1.807) is 0 Å². The average molecular weight is 1170 g/mol. The first-order valence-electron chi connectivity index (χ1n) is 31.5. The molecule has 0 amide bonds. The van der Waals surface area contributed by atoms with Crippen molar-refractivity contribution in [1.82, 2.24) is 18.3 Å². The average Bonchev–Trinajstić information content (AvgIpc) is 1.55. The smallest absolute Gasteiger partial charge is 0.137 e. The van der Waals surface area contributed by atoms with Crippen molar-refractivity contribution in [2.75, 3.05) is 0 Å². The number of hydrogen-bond donors (Lipinski definition) is 0. The Labute approximate surface area is 526 Å². The molecule has 0 aliphatic rings. The van der Waals surface area contributed by atoms with Crippen molar-refractivity contribution in [3.8, 4) is 33.9 Å². The number of rotatable bonds is 5. The number of hydrogen-bond acceptors (Lipinski definition) is 2. The standard InChI is InChI=1S/C44H26N2O.C42H26N2O/c1-2-13-28(14-3-1)45-40-25-41-34(23-35(40)36-24-37-33-19-9-11-21-43(33)47-44(37)26-42(36)45)32-18-8-10-20-38(32)46(41)39-22-27-12-4-5-15-29(27)30-16-6-7-17-31(30)39;1-3-12-27(13-4-1)28-14-11-17-30(22-28)44-39-25-38-33(31-18-7-9-20-37(31)43(38)29-15-5-2-6-16-29)23-34(39)35-24-36-32-19-8-10-21-41(32)45-42(36)26-40(35)44/h1-26H;1-26H. The Morgan fingerprint density at radius 1 is 0.174 bits per heavy atom. The summed E-state index contributed by atoms with van der Waals surface area (Å²) >= 11 is 0. The number of fused-ring (bicyclic) bond motifs is 21. The summed E-state index contributed by atoms with van der Waals surface area (Å²) in [6.07, 6.45) is 0. The van der Waals surface area contributed by atoms with Gasteiger partial charge in [0, 0.05) is 99.2 Å². The Bertz CT molecular complexity index is 6610. The first-order valence-corrected chi connectivity index (χ1v) is 31.5. The molecule has 0 atom stereocenters. The fourth-order valence-electron chi connectivity index (χ4n) is 15.3. The van der Waals surface area contributed by atoms with Crippen molar-refractivity contribution in [1.29, 1.82) is 0 Å². The molecule has 15 aromatic carbocycles. The molecule has 6 heterocycles. The highest BCUT2D eigenvalue weighted by molar-refractivity contribution is 6.25. The van der Waals surface area contributed by atoms with Gasteiger partial charge in [0.2, 0.25) is 0 Å². The highest BCUT2D eigenvalue weighted by atomic mass is 16.3. The molecule has 0 fully saturated rings. The van der Waals surface area contributed by atoms with E-state index < -0.39 is 0 Å². The topological polar surface area (TPSA) is 46.0 Å². The van der Waals surface area contributed by atoms with Crippen molar-refractivity contribution in [3.05, 3.63) is 315 Å². The second-order valence-electron chi connectivity index (χ2n) is 24.3. The highest BCUT2D eigenvalue weighted by Gasteiger charge is 2.24. The van der Waals surface area contributed by atoms with Gasteiger partial charge in [0.1, 0.15) is 22.3 Å². The predicted octanol–water partition coefficient (Wildman–Crippen LogP) is 23.5. The molecule has 0 unspecified atom stereocenters. The SMILES string of the molecule is c1ccc(-c2cccc(-n3c4cc5oc6ccccc6c5cc4c4cc5c6ccccc6n(-c6ccccc6)c5cc43)c2)cc1.c1ccc(-n2c3cc4oc5ccccc5c4cc3c3cc4c5ccccc5n(-c5cc6ccccc6c6ccccc56)c4cc32)cc1. The fraction of sp³-hybridized carbons (Fsp3) is 0. The van der Waals surface area contributed by atoms with Gasteiger partial charge in [-0.15, -0.1) is 0 Å². The van der Waals surface area contributed by atoms with Gasteiger partial charge in [-0.25, -0.2) is 0 Å². The van der Waals surface area contributed by atoms with Gasteiger partial charge in [0.25, 0.3) is 0 Å². The summed E-state index contributed by atoms with van der Waals surface area (Å²) < 4.78 is 22.5. The molecular weight excluding hydrogens is 1120 g/mol. The number of benzene rings is 15. The van der Waals surface area contributed by atoms with Crippen LogP contribution in [0.25, 0.3) is 187 Å². The molecule has 0 aliphatic carbocycles. The second-order valence-corrected chi connectivity index (χ2v) is 24.3. The molecule has 21 aromatic rings. The van der Waals surface area contributed by atoms with Gasteiger partial charge in [-0.05, 0) is 130 Å². The lowest BCUT2D eigenvalue weighted by atomic mass is 10.00. The van der Waals surface area contributed by atoms with E-state index in [-0.39, 0.29) is 0 Å². The lowest BCUT2D eigenvalue weighted by Gasteiger charge is -2.14. The molecule has 6 aromatic heterocycles. The van der Waals surface area contributed by atoms with Crippen molar-refractivity contribution in [2.45, 2.75) is 0 Å². The quantitative estimate of drug-likeness (QED) is 0.161. The number of furan rings is 2. The van der Waals surface area contributed by atoms with Crippen LogP contribution in [0.15, 0.2) is 324 Å². The Hall–Kier alpha value is -12.4. The third-order valence-corrected chi connectivity index (χ3v) is 19.3. The van der Waals surface area contributed by atoms with Crippen LogP contribution in [0, 0.1) is 0 Å². The van der Waals surface area contributed by atoms with Crippen LogP contribution in [0.1, 0.15) is 0 Å². The third kappa shape index (κ3) is 7.43. The van der Waals surface area contributed by atoms with Crippen molar-refractivity contribution in [3.63, 3.8) is 0 Å². The van der Waals surface area contributed by atoms with E-state index in [9.17, 15) is 0 Å². The predicted molar refractivity (Wildman–Crippen MR) is 385 cm³/mol. The maximum Gasteiger partial charge on any atom is 0.137 e. The highest BCUT2D eigenvalue weighted by Crippen LogP contribution is 2.46. The van der Waals surface area contributed by atoms with Crippen molar-refractivity contribution in [2.24, 2.45) is 0 Å². The van der Waals surface area contributed by atoms with Gasteiger partial charge in [0.15, 0.2) is 0 Å². The van der Waals surface area contributed by atoms with Crippen molar-refractivity contribution < 1.29 is 8.83 Å². The van der Waals surface area contributed by atoms with Gasteiger partial charge >= 0.3 is 0 Å². The molecule has 0 bridgehead atoms. The number of para-hydroxylation sites is 6. The summed E-state index contributed by atoms with van der Waals surface area (Å²) in [5.41, 5.74) is 20.0. The van der Waals surface area contributed by atoms with Crippen LogP contribution in [-0.4, -0.2) is 18.3 Å². The lowest BCUT2D eigenvalue weighted by Crippen LogP contribution is -1.97. The summed E-state index contributed by atoms with van der Waals surface area (Å²) in [5.74, 6) is 0. The molecule has 0 saturated heterocycles. The van der Waals surface area contributed by atoms with E-state index in [2.05, 4.69) is 322 Å². The molecule has 6 nitrogen and oxygen atoms in total. The third-order valence-electron chi connectivity index (χ3n) is 19.3. The Morgan fingerprint density at radius 3 is 1.11 bits per heavy atom. The van der Waals surface area contributed by atoms with Gasteiger partial charge in [-0.1, -0.05) is 200 Å². The minimum Gasteiger partial charge on any atom is -0.456 e. The number of aromatic nitrogens is 4. The van der Waals surface area contributed by atoms with E-state index in [1.165, 1.54) is 115 Å². The summed E-state index contributed by atoms with van der Waals surface area (Å²) in [6, 6.07) is 114. The van der Waals surface area contributed by atoms with Gasteiger partial charge in [0.05, 0.1) is 49.8 Å². The zero-order valence-electron chi connectivity index (χ0n) is 49.6. The molecule has 21 rings (SSSR count). The van der Waals surface area contributed by atoms with Crippen LogP contribution in [0.4, 0.5) is 0 Å². The zero-order valence-corrected chi connectivity index (χ0v) is 49.6. The summed E-state index contributed by atoms with van der Waals surface area (Å²) in [4.78, 5) is 0. The van der Waals surface area contributed by atoms with Crippen LogP contribution in [0.3, 0.4) is 0 Å². The molecule has 92 heavy (non-hydrogen) atoms. The molecular formula is C86H52N4O2. The Balaban J connectivity index is 0.000000128. The van der Waals surface area contributed by atoms with Crippen LogP contribution < -0.4 is 0 Å². The largest absolute Gasteiger partial charge is 0.456 e. The van der Waals surface area contributed by atoms with Gasteiger partial charge < -0.3 is 27.1 Å². The maximum absolute atomic E-state index is 6.42. The molecule has 428 valence electrons. The minimum absolute atomic E-state index is 0.899. The Kier molecular flexibility index (Phi) is 10.8. The van der Waals surface area contributed by atoms with Crippen LogP contribution in [0.5, 0.6) is 0 Å². The summed E-state index contributed by atoms with van der Waals surface area (Å²) in [7, 11) is 0. The van der Waals surface area contributed by atoms with Crippen LogP contribution in [-0.2, 0) is 0 Å². The molecule has 6 heteroatoms. The molecule has 0 spiro atoms.